The van der Waals surface area contributed by atoms with Crippen molar-refractivity contribution in [3.8, 4) is 0 Å². The fourth-order valence-electron chi connectivity index (χ4n) is 3.38. The Labute approximate surface area is 176 Å². The Morgan fingerprint density at radius 1 is 0.897 bits per heavy atom. The van der Waals surface area contributed by atoms with Gasteiger partial charge in [-0.05, 0) is 36.2 Å². The highest BCUT2D eigenvalue weighted by atomic mass is 35.5. The number of aryl methyl sites for hydroxylation is 1. The van der Waals surface area contributed by atoms with Crippen LogP contribution in [0.4, 0.5) is 11.5 Å². The molecule has 1 N–H and O–H groups in total. The number of pyridine rings is 2. The number of rotatable bonds is 7. The maximum atomic E-state index is 6.45. The second-order valence-electron chi connectivity index (χ2n) is 6.97. The van der Waals surface area contributed by atoms with Crippen LogP contribution in [-0.2, 0) is 6.54 Å². The van der Waals surface area contributed by atoms with Gasteiger partial charge in [0, 0.05) is 43.1 Å². The average Bonchev–Trinajstić information content (AvgIpc) is 2.77. The first-order valence-electron chi connectivity index (χ1n) is 9.70. The van der Waals surface area contributed by atoms with Crippen LogP contribution in [0.3, 0.4) is 0 Å². The Kier molecular flexibility index (Phi) is 5.92. The Morgan fingerprint density at radius 2 is 1.72 bits per heavy atom. The number of fused-ring (bicyclic) bond motifs is 1. The van der Waals surface area contributed by atoms with E-state index in [1.54, 1.807) is 6.20 Å². The van der Waals surface area contributed by atoms with Crippen LogP contribution in [0, 0.1) is 6.92 Å². The van der Waals surface area contributed by atoms with Crippen molar-refractivity contribution >= 4 is 34.0 Å². The van der Waals surface area contributed by atoms with Crippen LogP contribution in [0.2, 0.25) is 5.02 Å². The first-order valence-corrected chi connectivity index (χ1v) is 10.1. The molecule has 2 aromatic heterocycles. The van der Waals surface area contributed by atoms with Gasteiger partial charge in [0.1, 0.15) is 5.82 Å². The number of benzene rings is 2. The van der Waals surface area contributed by atoms with Gasteiger partial charge in [0.2, 0.25) is 0 Å². The van der Waals surface area contributed by atoms with E-state index in [0.717, 1.165) is 47.6 Å². The molecule has 2 heterocycles. The van der Waals surface area contributed by atoms with Crippen LogP contribution in [0.5, 0.6) is 0 Å². The Bertz CT molecular complexity index is 1080. The molecule has 0 spiro atoms. The van der Waals surface area contributed by atoms with Gasteiger partial charge in [0.15, 0.2) is 0 Å². The molecule has 5 heteroatoms. The zero-order chi connectivity index (χ0) is 20.1. The van der Waals surface area contributed by atoms with E-state index in [0.29, 0.717) is 5.02 Å². The van der Waals surface area contributed by atoms with Crippen molar-refractivity contribution in [1.82, 2.24) is 9.97 Å². The summed E-state index contributed by atoms with van der Waals surface area (Å²) in [7, 11) is 0. The van der Waals surface area contributed by atoms with Gasteiger partial charge >= 0.3 is 0 Å². The van der Waals surface area contributed by atoms with E-state index in [-0.39, 0.29) is 0 Å². The molecule has 0 bridgehead atoms. The van der Waals surface area contributed by atoms with Crippen LogP contribution < -0.4 is 10.2 Å². The van der Waals surface area contributed by atoms with Gasteiger partial charge in [0.25, 0.3) is 0 Å². The van der Waals surface area contributed by atoms with Gasteiger partial charge in [-0.2, -0.15) is 0 Å². The highest BCUT2D eigenvalue weighted by molar-refractivity contribution is 6.36. The Balaban J connectivity index is 1.51. The molecule has 0 aliphatic heterocycles. The zero-order valence-corrected chi connectivity index (χ0v) is 17.1. The number of aromatic nitrogens is 2. The summed E-state index contributed by atoms with van der Waals surface area (Å²) in [6.07, 6.45) is 3.64. The van der Waals surface area contributed by atoms with Gasteiger partial charge in [-0.3, -0.25) is 4.98 Å². The van der Waals surface area contributed by atoms with Crippen molar-refractivity contribution in [3.63, 3.8) is 0 Å². The summed E-state index contributed by atoms with van der Waals surface area (Å²) in [6, 6.07) is 22.6. The van der Waals surface area contributed by atoms with E-state index in [9.17, 15) is 0 Å². The number of hydrogen-bond donors (Lipinski definition) is 1. The van der Waals surface area contributed by atoms with E-state index in [1.807, 2.05) is 49.5 Å². The summed E-state index contributed by atoms with van der Waals surface area (Å²) >= 11 is 6.45. The average molecular weight is 403 g/mol. The van der Waals surface area contributed by atoms with Crippen molar-refractivity contribution in [2.24, 2.45) is 0 Å². The summed E-state index contributed by atoms with van der Waals surface area (Å²) in [5.74, 6) is 0.969. The topological polar surface area (TPSA) is 41.0 Å². The highest BCUT2D eigenvalue weighted by Gasteiger charge is 2.10. The largest absolute Gasteiger partial charge is 0.383 e. The molecular formula is C24H23ClN4. The molecule has 4 rings (SSSR count). The van der Waals surface area contributed by atoms with Crippen molar-refractivity contribution < 1.29 is 0 Å². The molecule has 0 aliphatic rings. The van der Waals surface area contributed by atoms with E-state index >= 15 is 0 Å². The van der Waals surface area contributed by atoms with Crippen molar-refractivity contribution in [2.45, 2.75) is 13.5 Å². The minimum absolute atomic E-state index is 0.713. The maximum absolute atomic E-state index is 6.45. The molecule has 0 amide bonds. The second-order valence-corrected chi connectivity index (χ2v) is 7.35. The van der Waals surface area contributed by atoms with Crippen LogP contribution in [0.25, 0.3) is 10.9 Å². The van der Waals surface area contributed by atoms with Gasteiger partial charge in [-0.1, -0.05) is 60.1 Å². The molecule has 0 saturated carbocycles. The molecule has 0 radical (unpaired) electrons. The van der Waals surface area contributed by atoms with Crippen LogP contribution in [-0.4, -0.2) is 23.1 Å². The third-order valence-corrected chi connectivity index (χ3v) is 5.41. The van der Waals surface area contributed by atoms with Gasteiger partial charge in [-0.25, -0.2) is 4.98 Å². The smallest absolute Gasteiger partial charge is 0.128 e. The molecule has 0 aliphatic carbocycles. The van der Waals surface area contributed by atoms with Crippen molar-refractivity contribution in [2.75, 3.05) is 23.3 Å². The predicted molar refractivity (Wildman–Crippen MR) is 122 cm³/mol. The maximum Gasteiger partial charge on any atom is 0.128 e. The first-order chi connectivity index (χ1) is 14.2. The summed E-state index contributed by atoms with van der Waals surface area (Å²) in [6.45, 7) is 4.39. The molecule has 0 saturated heterocycles. The fraction of sp³-hybridized carbons (Fsp3) is 0.167. The van der Waals surface area contributed by atoms with Gasteiger partial charge in [0.05, 0.1) is 10.5 Å². The third kappa shape index (κ3) is 4.49. The quantitative estimate of drug-likeness (QED) is 0.429. The molecule has 2 aromatic carbocycles. The third-order valence-electron chi connectivity index (χ3n) is 4.93. The number of halogens is 1. The van der Waals surface area contributed by atoms with Gasteiger partial charge < -0.3 is 10.2 Å². The van der Waals surface area contributed by atoms with Crippen molar-refractivity contribution in [3.05, 3.63) is 95.3 Å². The number of hydrogen-bond acceptors (Lipinski definition) is 4. The summed E-state index contributed by atoms with van der Waals surface area (Å²) in [5.41, 5.74) is 4.17. The predicted octanol–water partition coefficient (Wildman–Crippen LogP) is 5.71. The molecule has 0 unspecified atom stereocenters. The van der Waals surface area contributed by atoms with Crippen LogP contribution in [0.1, 0.15) is 11.1 Å². The molecule has 4 nitrogen and oxygen atoms in total. The molecule has 146 valence electrons. The molecule has 0 atom stereocenters. The molecule has 4 aromatic rings. The lowest BCUT2D eigenvalue weighted by Gasteiger charge is -2.24. The monoisotopic (exact) mass is 402 g/mol. The van der Waals surface area contributed by atoms with Crippen LogP contribution in [0.15, 0.2) is 79.1 Å². The molecule has 29 heavy (non-hydrogen) atoms. The SMILES string of the molecule is Cc1ccc2c(NCCN(Cc3ccccc3)c3ccccn3)ccnc2c1Cl. The normalized spacial score (nSPS) is 10.8. The standard InChI is InChI=1S/C24H23ClN4/c1-18-10-11-20-21(12-14-28-24(20)23(18)25)26-15-16-29(22-9-5-6-13-27-22)17-19-7-3-2-4-8-19/h2-14H,15-17H2,1H3,(H,26,28). The number of nitrogens with zero attached hydrogens (tertiary/aromatic N) is 3. The first kappa shape index (κ1) is 19.2. The minimum atomic E-state index is 0.713. The zero-order valence-electron chi connectivity index (χ0n) is 16.3. The summed E-state index contributed by atoms with van der Waals surface area (Å²) in [5, 5.41) is 5.30. The Hall–Kier alpha value is -3.11. The lowest BCUT2D eigenvalue weighted by molar-refractivity contribution is 0.790. The molecule has 0 fully saturated rings. The lowest BCUT2D eigenvalue weighted by Crippen LogP contribution is -2.29. The minimum Gasteiger partial charge on any atom is -0.383 e. The van der Waals surface area contributed by atoms with E-state index < -0.39 is 0 Å². The fourth-order valence-corrected chi connectivity index (χ4v) is 3.60. The number of nitrogens with one attached hydrogen (secondary N) is 1. The van der Waals surface area contributed by atoms with Crippen molar-refractivity contribution in [1.29, 1.82) is 0 Å². The number of anilines is 2. The van der Waals surface area contributed by atoms with E-state index in [4.69, 9.17) is 11.6 Å². The summed E-state index contributed by atoms with van der Waals surface area (Å²) in [4.78, 5) is 11.3. The van der Waals surface area contributed by atoms with Crippen LogP contribution >= 0.6 is 11.6 Å². The summed E-state index contributed by atoms with van der Waals surface area (Å²) < 4.78 is 0. The second kappa shape index (κ2) is 8.93. The van der Waals surface area contributed by atoms with Gasteiger partial charge in [-0.15, -0.1) is 0 Å². The highest BCUT2D eigenvalue weighted by Crippen LogP contribution is 2.29. The Morgan fingerprint density at radius 3 is 2.52 bits per heavy atom. The van der Waals surface area contributed by atoms with E-state index in [2.05, 4.69) is 50.5 Å². The van der Waals surface area contributed by atoms with E-state index in [1.165, 1.54) is 5.56 Å². The molecular weight excluding hydrogens is 380 g/mol. The lowest BCUT2D eigenvalue weighted by atomic mass is 10.1.